The first-order valence-corrected chi connectivity index (χ1v) is 15.0. The molecule has 3 aromatic rings. The van der Waals surface area contributed by atoms with E-state index in [0.29, 0.717) is 18.8 Å². The van der Waals surface area contributed by atoms with Gasteiger partial charge in [0.2, 0.25) is 5.95 Å². The lowest BCUT2D eigenvalue weighted by molar-refractivity contribution is -0.135. The van der Waals surface area contributed by atoms with Crippen LogP contribution in [0.1, 0.15) is 69.9 Å². The van der Waals surface area contributed by atoms with Crippen molar-refractivity contribution in [3.8, 4) is 11.1 Å². The van der Waals surface area contributed by atoms with Gasteiger partial charge in [0.1, 0.15) is 5.65 Å². The highest BCUT2D eigenvalue weighted by Gasteiger charge is 2.26. The lowest BCUT2D eigenvalue weighted by atomic mass is 9.93. The van der Waals surface area contributed by atoms with E-state index in [4.69, 9.17) is 4.98 Å². The van der Waals surface area contributed by atoms with Crippen LogP contribution in [0.4, 0.5) is 19.1 Å². The molecule has 224 valence electrons. The van der Waals surface area contributed by atoms with Gasteiger partial charge in [0.15, 0.2) is 0 Å². The molecule has 10 heteroatoms. The van der Waals surface area contributed by atoms with Crippen molar-refractivity contribution in [2.24, 2.45) is 0 Å². The number of fused-ring (bicyclic) bond motifs is 1. The van der Waals surface area contributed by atoms with Crippen molar-refractivity contribution in [3.05, 3.63) is 42.2 Å². The van der Waals surface area contributed by atoms with Gasteiger partial charge in [0.25, 0.3) is 0 Å². The number of nitrogens with zero attached hydrogens (tertiary/aromatic N) is 5. The summed E-state index contributed by atoms with van der Waals surface area (Å²) in [6, 6.07) is 9.00. The van der Waals surface area contributed by atoms with E-state index < -0.39 is 12.6 Å². The van der Waals surface area contributed by atoms with E-state index in [1.54, 1.807) is 0 Å². The van der Waals surface area contributed by atoms with Gasteiger partial charge < -0.3 is 19.9 Å². The molecule has 7 nitrogen and oxygen atoms in total. The number of nitrogens with one attached hydrogen (secondary N) is 1. The molecule has 0 amide bonds. The average molecular weight is 573 g/mol. The number of aliphatic hydroxyl groups is 1. The smallest absolute Gasteiger partial charge is 0.389 e. The lowest BCUT2D eigenvalue weighted by Gasteiger charge is -2.32. The van der Waals surface area contributed by atoms with Gasteiger partial charge in [-0.05, 0) is 63.6 Å². The van der Waals surface area contributed by atoms with E-state index in [1.165, 1.54) is 5.56 Å². The van der Waals surface area contributed by atoms with Crippen LogP contribution in [0, 0.1) is 0 Å². The topological polar surface area (TPSA) is 69.5 Å². The van der Waals surface area contributed by atoms with Gasteiger partial charge in [-0.3, -0.25) is 4.90 Å². The summed E-state index contributed by atoms with van der Waals surface area (Å²) in [7, 11) is 2.17. The Hall–Kier alpha value is -2.69. The molecule has 1 atom stereocenters. The van der Waals surface area contributed by atoms with Gasteiger partial charge in [0, 0.05) is 74.6 Å². The second-order valence-electron chi connectivity index (χ2n) is 12.0. The first kappa shape index (κ1) is 29.8. The van der Waals surface area contributed by atoms with Gasteiger partial charge in [-0.15, -0.1) is 0 Å². The number of alkyl halides is 3. The molecule has 0 unspecified atom stereocenters. The molecule has 3 heterocycles. The molecule has 1 aliphatic carbocycles. The molecule has 1 saturated carbocycles. The second kappa shape index (κ2) is 13.1. The maximum Gasteiger partial charge on any atom is 0.389 e. The molecule has 1 aromatic carbocycles. The van der Waals surface area contributed by atoms with E-state index in [9.17, 15) is 18.3 Å². The van der Waals surface area contributed by atoms with Crippen molar-refractivity contribution in [2.45, 2.75) is 89.2 Å². The van der Waals surface area contributed by atoms with Gasteiger partial charge >= 0.3 is 6.18 Å². The van der Waals surface area contributed by atoms with Crippen LogP contribution in [0.15, 0.2) is 36.7 Å². The van der Waals surface area contributed by atoms with E-state index in [1.807, 2.05) is 13.1 Å². The third-order valence-electron chi connectivity index (χ3n) is 8.62. The summed E-state index contributed by atoms with van der Waals surface area (Å²) >= 11 is 0. The monoisotopic (exact) mass is 572 g/mol. The number of halogens is 3. The number of aliphatic hydroxyl groups excluding tert-OH is 1. The van der Waals surface area contributed by atoms with Gasteiger partial charge in [0.05, 0.1) is 6.10 Å². The highest BCUT2D eigenvalue weighted by Crippen LogP contribution is 2.37. The standard InChI is InChI=1S/C31H43F3N6O/c1-22(5-3-4-14-31(32,33)34)36-30-35-19-27-28(21-40(29(27)37-30)25-10-12-26(41)13-11-25)24-8-6-23(7-9-24)20-39-17-15-38(2)16-18-39/h6-9,19,21-22,25-26,41H,3-5,10-18,20H2,1-2H3,(H,35,36,37)/t22-,25-,26-/m1/s1. The zero-order chi connectivity index (χ0) is 29.0. The molecule has 5 rings (SSSR count). The summed E-state index contributed by atoms with van der Waals surface area (Å²) in [6.07, 6.45) is 3.50. The largest absolute Gasteiger partial charge is 0.393 e. The normalized spacial score (nSPS) is 21.8. The first-order valence-electron chi connectivity index (χ1n) is 15.0. The zero-order valence-electron chi connectivity index (χ0n) is 24.2. The Labute approximate surface area is 240 Å². The average Bonchev–Trinajstić information content (AvgIpc) is 3.31. The molecular weight excluding hydrogens is 529 g/mol. The van der Waals surface area contributed by atoms with Gasteiger partial charge in [-0.2, -0.15) is 18.2 Å². The fourth-order valence-electron chi connectivity index (χ4n) is 6.07. The maximum absolute atomic E-state index is 12.5. The Morgan fingerprint density at radius 1 is 1.02 bits per heavy atom. The predicted molar refractivity (Wildman–Crippen MR) is 157 cm³/mol. The molecule has 2 N–H and O–H groups in total. The van der Waals surface area contributed by atoms with Crippen molar-refractivity contribution < 1.29 is 18.3 Å². The summed E-state index contributed by atoms with van der Waals surface area (Å²) in [5.41, 5.74) is 4.36. The minimum Gasteiger partial charge on any atom is -0.393 e. The number of unbranched alkanes of at least 4 members (excludes halogenated alkanes) is 1. The maximum atomic E-state index is 12.5. The van der Waals surface area contributed by atoms with E-state index in [0.717, 1.165) is 80.6 Å². The summed E-state index contributed by atoms with van der Waals surface area (Å²) in [6.45, 7) is 7.28. The minimum atomic E-state index is -4.10. The molecule has 1 aliphatic heterocycles. The fourth-order valence-corrected chi connectivity index (χ4v) is 6.07. The van der Waals surface area contributed by atoms with E-state index in [2.05, 4.69) is 62.2 Å². The number of hydrogen-bond donors (Lipinski definition) is 2. The van der Waals surface area contributed by atoms with Crippen molar-refractivity contribution >= 4 is 17.0 Å². The first-order chi connectivity index (χ1) is 19.6. The Morgan fingerprint density at radius 2 is 1.73 bits per heavy atom. The molecule has 0 radical (unpaired) electrons. The molecule has 1 saturated heterocycles. The SMILES string of the molecule is C[C@H](CCCCC(F)(F)F)Nc1ncc2c(-c3ccc(CN4CCN(C)CC4)cc3)cn([C@H]3CC[C@H](O)CC3)c2n1. The Morgan fingerprint density at radius 3 is 2.41 bits per heavy atom. The van der Waals surface area contributed by atoms with Crippen molar-refractivity contribution in [1.29, 1.82) is 0 Å². The fraction of sp³-hybridized carbons (Fsp3) is 0.613. The van der Waals surface area contributed by atoms with Crippen LogP contribution in [0.5, 0.6) is 0 Å². The van der Waals surface area contributed by atoms with E-state index in [-0.39, 0.29) is 24.6 Å². The van der Waals surface area contributed by atoms with Crippen LogP contribution >= 0.6 is 0 Å². The summed E-state index contributed by atoms with van der Waals surface area (Å²) in [5.74, 6) is 0.491. The quantitative estimate of drug-likeness (QED) is 0.280. The molecule has 2 aromatic heterocycles. The number of aromatic nitrogens is 3. The Bertz CT molecular complexity index is 1260. The van der Waals surface area contributed by atoms with Gasteiger partial charge in [-0.25, -0.2) is 4.98 Å². The third-order valence-corrected chi connectivity index (χ3v) is 8.62. The molecule has 2 aliphatic rings. The Balaban J connectivity index is 1.34. The van der Waals surface area contributed by atoms with Crippen molar-refractivity contribution in [1.82, 2.24) is 24.3 Å². The van der Waals surface area contributed by atoms with Crippen LogP contribution < -0.4 is 5.32 Å². The molecule has 41 heavy (non-hydrogen) atoms. The lowest BCUT2D eigenvalue weighted by Crippen LogP contribution is -2.43. The predicted octanol–water partition coefficient (Wildman–Crippen LogP) is 6.24. The van der Waals surface area contributed by atoms with Crippen LogP contribution in [0.25, 0.3) is 22.2 Å². The number of benzene rings is 1. The highest BCUT2D eigenvalue weighted by atomic mass is 19.4. The number of anilines is 1. The number of hydrogen-bond acceptors (Lipinski definition) is 6. The van der Waals surface area contributed by atoms with Gasteiger partial charge in [-0.1, -0.05) is 30.7 Å². The molecule has 2 fully saturated rings. The zero-order valence-corrected chi connectivity index (χ0v) is 24.2. The second-order valence-corrected chi connectivity index (χ2v) is 12.0. The Kier molecular flexibility index (Phi) is 9.51. The number of likely N-dealkylation sites (N-methyl/N-ethyl adjacent to an activating group) is 1. The summed E-state index contributed by atoms with van der Waals surface area (Å²) in [5, 5.41) is 14.4. The van der Waals surface area contributed by atoms with Crippen molar-refractivity contribution in [2.75, 3.05) is 38.5 Å². The molecule has 0 spiro atoms. The number of rotatable bonds is 10. The molecule has 0 bridgehead atoms. The van der Waals surface area contributed by atoms with Crippen molar-refractivity contribution in [3.63, 3.8) is 0 Å². The third kappa shape index (κ3) is 7.99. The van der Waals surface area contributed by atoms with Crippen LogP contribution in [-0.2, 0) is 6.54 Å². The highest BCUT2D eigenvalue weighted by molar-refractivity contribution is 5.94. The van der Waals surface area contributed by atoms with Crippen LogP contribution in [0.2, 0.25) is 0 Å². The number of piperazine rings is 1. The summed E-state index contributed by atoms with van der Waals surface area (Å²) in [4.78, 5) is 14.4. The summed E-state index contributed by atoms with van der Waals surface area (Å²) < 4.78 is 39.7. The van der Waals surface area contributed by atoms with Crippen LogP contribution in [-0.4, -0.2) is 81.0 Å². The van der Waals surface area contributed by atoms with E-state index >= 15 is 0 Å². The minimum absolute atomic E-state index is 0.0405. The van der Waals surface area contributed by atoms with Crippen LogP contribution in [0.3, 0.4) is 0 Å². The molecular formula is C31H43F3N6O.